The van der Waals surface area contributed by atoms with Gasteiger partial charge in [0.1, 0.15) is 11.7 Å². The molecule has 0 aliphatic rings. The fourth-order valence-electron chi connectivity index (χ4n) is 4.47. The number of hydrogen-bond acceptors (Lipinski definition) is 5. The van der Waals surface area contributed by atoms with E-state index in [9.17, 15) is 27.6 Å². The van der Waals surface area contributed by atoms with Crippen LogP contribution in [-0.2, 0) is 35.8 Å². The van der Waals surface area contributed by atoms with Crippen molar-refractivity contribution in [3.63, 3.8) is 0 Å². The lowest BCUT2D eigenvalue weighted by Gasteiger charge is -2.19. The lowest BCUT2D eigenvalue weighted by molar-refractivity contribution is -0.144. The predicted molar refractivity (Wildman–Crippen MR) is 140 cm³/mol. The summed E-state index contributed by atoms with van der Waals surface area (Å²) in [7, 11) is 1.45. The Labute approximate surface area is 226 Å². The average molecular weight is 563 g/mol. The second-order valence-corrected chi connectivity index (χ2v) is 9.40. The number of aromatic nitrogens is 4. The number of alkyl halides is 3. The standard InChI is InChI=1S/C27H26ClF3N4O4/c1-4-13-34-24(36)21-23(33(3)26(34)38)32-22(35(21)15-16-9-11-19(28)12-10-16)20(25(37)39-5-2)17-7-6-8-18(14-17)27(29,30)31/h6-12,14,20H,4-5,13,15H2,1-3H3. The SMILES string of the molecule is CCCn1c(=O)c2c(nc(C(C(=O)OCC)c3cccc(C(F)(F)F)c3)n2Cc2ccc(Cl)cc2)n(C)c1=O. The molecule has 0 aliphatic carbocycles. The molecule has 0 bridgehead atoms. The molecule has 0 amide bonds. The van der Waals surface area contributed by atoms with Gasteiger partial charge in [0.2, 0.25) is 0 Å². The first kappa shape index (κ1) is 28.2. The molecule has 0 spiro atoms. The monoisotopic (exact) mass is 562 g/mol. The first-order chi connectivity index (χ1) is 18.5. The van der Waals surface area contributed by atoms with E-state index in [1.165, 1.54) is 28.3 Å². The maximum Gasteiger partial charge on any atom is 0.416 e. The molecule has 1 atom stereocenters. The summed E-state index contributed by atoms with van der Waals surface area (Å²) < 4.78 is 49.8. The van der Waals surface area contributed by atoms with Crippen LogP contribution in [0.2, 0.25) is 5.02 Å². The number of rotatable bonds is 8. The van der Waals surface area contributed by atoms with Crippen LogP contribution < -0.4 is 11.2 Å². The lowest BCUT2D eigenvalue weighted by atomic mass is 9.96. The molecule has 0 radical (unpaired) electrons. The van der Waals surface area contributed by atoms with Crippen LogP contribution in [0.1, 0.15) is 48.7 Å². The Balaban J connectivity index is 2.08. The van der Waals surface area contributed by atoms with E-state index in [0.29, 0.717) is 17.0 Å². The molecule has 0 aliphatic heterocycles. The van der Waals surface area contributed by atoms with E-state index in [1.807, 2.05) is 6.92 Å². The molecule has 0 saturated carbocycles. The fraction of sp³-hybridized carbons (Fsp3) is 0.333. The summed E-state index contributed by atoms with van der Waals surface area (Å²) >= 11 is 6.03. The van der Waals surface area contributed by atoms with E-state index in [0.717, 1.165) is 16.7 Å². The van der Waals surface area contributed by atoms with E-state index >= 15 is 0 Å². The number of hydrogen-bond donors (Lipinski definition) is 0. The van der Waals surface area contributed by atoms with Crippen LogP contribution in [-0.4, -0.2) is 31.3 Å². The Hall–Kier alpha value is -3.86. The van der Waals surface area contributed by atoms with Gasteiger partial charge >= 0.3 is 17.8 Å². The average Bonchev–Trinajstić information content (AvgIpc) is 3.25. The number of nitrogens with zero attached hydrogens (tertiary/aromatic N) is 4. The third-order valence-electron chi connectivity index (χ3n) is 6.29. The molecule has 2 aromatic carbocycles. The van der Waals surface area contributed by atoms with Gasteiger partial charge in [-0.1, -0.05) is 48.9 Å². The van der Waals surface area contributed by atoms with Gasteiger partial charge in [0.25, 0.3) is 5.56 Å². The highest BCUT2D eigenvalue weighted by Crippen LogP contribution is 2.34. The van der Waals surface area contributed by atoms with Crippen molar-refractivity contribution in [3.8, 4) is 0 Å². The van der Waals surface area contributed by atoms with E-state index in [2.05, 4.69) is 4.98 Å². The van der Waals surface area contributed by atoms with Crippen LogP contribution >= 0.6 is 11.6 Å². The van der Waals surface area contributed by atoms with Crippen molar-refractivity contribution >= 4 is 28.7 Å². The summed E-state index contributed by atoms with van der Waals surface area (Å²) in [6, 6.07) is 11.1. The predicted octanol–water partition coefficient (Wildman–Crippen LogP) is 4.72. The molecule has 4 aromatic rings. The topological polar surface area (TPSA) is 88.1 Å². The molecule has 1 unspecified atom stereocenters. The van der Waals surface area contributed by atoms with Gasteiger partial charge < -0.3 is 9.30 Å². The maximum absolute atomic E-state index is 13.6. The second-order valence-electron chi connectivity index (χ2n) is 8.96. The summed E-state index contributed by atoms with van der Waals surface area (Å²) in [6.07, 6.45) is -4.15. The van der Waals surface area contributed by atoms with Crippen molar-refractivity contribution in [2.45, 2.75) is 45.5 Å². The fourth-order valence-corrected chi connectivity index (χ4v) is 4.60. The maximum atomic E-state index is 13.6. The number of esters is 1. The molecule has 2 heterocycles. The lowest BCUT2D eigenvalue weighted by Crippen LogP contribution is -2.39. The first-order valence-corrected chi connectivity index (χ1v) is 12.6. The molecular formula is C27H26ClF3N4O4. The van der Waals surface area contributed by atoms with Gasteiger partial charge in [0, 0.05) is 25.2 Å². The van der Waals surface area contributed by atoms with Crippen LogP contribution in [0.15, 0.2) is 58.1 Å². The Morgan fingerprint density at radius 3 is 2.38 bits per heavy atom. The number of aryl methyl sites for hydroxylation is 1. The van der Waals surface area contributed by atoms with Gasteiger partial charge in [-0.15, -0.1) is 0 Å². The van der Waals surface area contributed by atoms with Gasteiger partial charge in [0.15, 0.2) is 11.2 Å². The molecule has 206 valence electrons. The molecule has 0 saturated heterocycles. The van der Waals surface area contributed by atoms with Crippen molar-refractivity contribution in [1.82, 2.24) is 18.7 Å². The Kier molecular flexibility index (Phi) is 8.01. The highest BCUT2D eigenvalue weighted by atomic mass is 35.5. The molecule has 8 nitrogen and oxygen atoms in total. The normalized spacial score (nSPS) is 12.6. The van der Waals surface area contributed by atoms with Gasteiger partial charge in [-0.25, -0.2) is 9.78 Å². The zero-order valence-electron chi connectivity index (χ0n) is 21.5. The zero-order chi connectivity index (χ0) is 28.5. The molecule has 0 N–H and O–H groups in total. The summed E-state index contributed by atoms with van der Waals surface area (Å²) in [6.45, 7) is 3.53. The molecule has 2 aromatic heterocycles. The van der Waals surface area contributed by atoms with Crippen LogP contribution in [0.5, 0.6) is 0 Å². The van der Waals surface area contributed by atoms with Crippen molar-refractivity contribution in [1.29, 1.82) is 0 Å². The van der Waals surface area contributed by atoms with Crippen LogP contribution in [0.3, 0.4) is 0 Å². The van der Waals surface area contributed by atoms with Crippen molar-refractivity contribution in [2.24, 2.45) is 7.05 Å². The third kappa shape index (κ3) is 5.49. The molecule has 12 heteroatoms. The van der Waals surface area contributed by atoms with Crippen molar-refractivity contribution < 1.29 is 22.7 Å². The van der Waals surface area contributed by atoms with E-state index < -0.39 is 34.9 Å². The summed E-state index contributed by atoms with van der Waals surface area (Å²) in [5.41, 5.74) is -1.46. The highest BCUT2D eigenvalue weighted by molar-refractivity contribution is 6.30. The number of ether oxygens (including phenoxy) is 1. The summed E-state index contributed by atoms with van der Waals surface area (Å²) in [5, 5.41) is 0.482. The second kappa shape index (κ2) is 11.1. The largest absolute Gasteiger partial charge is 0.465 e. The Morgan fingerprint density at radius 2 is 1.77 bits per heavy atom. The van der Waals surface area contributed by atoms with Crippen LogP contribution in [0.4, 0.5) is 13.2 Å². The van der Waals surface area contributed by atoms with E-state index in [1.54, 1.807) is 31.2 Å². The number of carbonyl (C=O) groups is 1. The smallest absolute Gasteiger partial charge is 0.416 e. The molecule has 4 rings (SSSR count). The van der Waals surface area contributed by atoms with E-state index in [-0.39, 0.29) is 42.2 Å². The van der Waals surface area contributed by atoms with Gasteiger partial charge in [-0.3, -0.25) is 18.7 Å². The third-order valence-corrected chi connectivity index (χ3v) is 6.54. The minimum absolute atomic E-state index is 0.00240. The van der Waals surface area contributed by atoms with Crippen molar-refractivity contribution in [3.05, 3.63) is 96.9 Å². The minimum atomic E-state index is -4.66. The molecule has 39 heavy (non-hydrogen) atoms. The number of carbonyl (C=O) groups excluding carboxylic acids is 1. The van der Waals surface area contributed by atoms with Crippen LogP contribution in [0, 0.1) is 0 Å². The molecular weight excluding hydrogens is 537 g/mol. The summed E-state index contributed by atoms with van der Waals surface area (Å²) in [5.74, 6) is -2.29. The van der Waals surface area contributed by atoms with E-state index in [4.69, 9.17) is 16.3 Å². The zero-order valence-corrected chi connectivity index (χ0v) is 22.2. The summed E-state index contributed by atoms with van der Waals surface area (Å²) in [4.78, 5) is 44.4. The van der Waals surface area contributed by atoms with Gasteiger partial charge in [-0.05, 0) is 42.7 Å². The number of imidazole rings is 1. The quantitative estimate of drug-likeness (QED) is 0.290. The van der Waals surface area contributed by atoms with Crippen LogP contribution in [0.25, 0.3) is 11.2 Å². The minimum Gasteiger partial charge on any atom is -0.465 e. The molecule has 0 fully saturated rings. The van der Waals surface area contributed by atoms with Gasteiger partial charge in [0.05, 0.1) is 12.2 Å². The highest BCUT2D eigenvalue weighted by Gasteiger charge is 2.35. The van der Waals surface area contributed by atoms with Crippen molar-refractivity contribution in [2.75, 3.05) is 6.61 Å². The Morgan fingerprint density at radius 1 is 1.08 bits per heavy atom. The number of benzene rings is 2. The number of fused-ring (bicyclic) bond motifs is 1. The number of halogens is 4. The first-order valence-electron chi connectivity index (χ1n) is 12.3. The Bertz CT molecular complexity index is 1640. The van der Waals surface area contributed by atoms with Gasteiger partial charge in [-0.2, -0.15) is 13.2 Å².